The predicted molar refractivity (Wildman–Crippen MR) is 119 cm³/mol. The Hall–Kier alpha value is -2.96. The molecule has 1 fully saturated rings. The van der Waals surface area contributed by atoms with Crippen LogP contribution in [0, 0.1) is 0 Å². The second-order valence-electron chi connectivity index (χ2n) is 7.68. The van der Waals surface area contributed by atoms with Gasteiger partial charge in [0.2, 0.25) is 0 Å². The number of benzene rings is 2. The minimum absolute atomic E-state index is 0.0335. The standard InChI is InChI=1S/C24H28N4O2/c1-27-9-11-28(12-10-27)23-8-7-18(13-19(23)16-29)14-20-15-22(26-17-25-20)21-5-3-4-6-24(21)30-2/h3-8,13,15,17,29H,9-12,14,16H2,1-2H3. The summed E-state index contributed by atoms with van der Waals surface area (Å²) in [7, 11) is 3.81. The van der Waals surface area contributed by atoms with E-state index in [4.69, 9.17) is 4.74 Å². The fourth-order valence-corrected chi connectivity index (χ4v) is 3.94. The number of aliphatic hydroxyl groups is 1. The van der Waals surface area contributed by atoms with Crippen molar-refractivity contribution in [2.24, 2.45) is 0 Å². The van der Waals surface area contributed by atoms with E-state index in [0.29, 0.717) is 6.42 Å². The maximum Gasteiger partial charge on any atom is 0.128 e. The number of methoxy groups -OCH3 is 1. The number of ether oxygens (including phenoxy) is 1. The first-order chi connectivity index (χ1) is 14.7. The van der Waals surface area contributed by atoms with Crippen molar-refractivity contribution >= 4 is 5.69 Å². The lowest BCUT2D eigenvalue weighted by atomic mass is 10.0. The number of aromatic nitrogens is 2. The molecule has 2 heterocycles. The molecule has 3 aromatic rings. The normalized spacial score (nSPS) is 14.7. The van der Waals surface area contributed by atoms with Crippen LogP contribution in [0.3, 0.4) is 0 Å². The average molecular weight is 405 g/mol. The van der Waals surface area contributed by atoms with E-state index in [-0.39, 0.29) is 6.61 Å². The summed E-state index contributed by atoms with van der Waals surface area (Å²) in [6.07, 6.45) is 2.28. The fourth-order valence-electron chi connectivity index (χ4n) is 3.94. The molecule has 4 rings (SSSR count). The molecule has 0 aliphatic carbocycles. The van der Waals surface area contributed by atoms with E-state index in [1.807, 2.05) is 30.3 Å². The maximum atomic E-state index is 9.97. The lowest BCUT2D eigenvalue weighted by molar-refractivity contribution is 0.280. The first kappa shape index (κ1) is 20.3. The van der Waals surface area contributed by atoms with Gasteiger partial charge in [0.1, 0.15) is 12.1 Å². The van der Waals surface area contributed by atoms with Crippen molar-refractivity contribution in [2.45, 2.75) is 13.0 Å². The molecule has 0 amide bonds. The van der Waals surface area contributed by atoms with Gasteiger partial charge < -0.3 is 19.6 Å². The summed E-state index contributed by atoms with van der Waals surface area (Å²) < 4.78 is 5.47. The molecule has 0 atom stereocenters. The van der Waals surface area contributed by atoms with Gasteiger partial charge in [0.15, 0.2) is 0 Å². The average Bonchev–Trinajstić information content (AvgIpc) is 2.80. The van der Waals surface area contributed by atoms with Crippen molar-refractivity contribution in [3.63, 3.8) is 0 Å². The zero-order chi connectivity index (χ0) is 20.9. The summed E-state index contributed by atoms with van der Waals surface area (Å²) in [5, 5.41) is 9.97. The molecule has 156 valence electrons. The Labute approximate surface area is 177 Å². The Morgan fingerprint density at radius 1 is 1.00 bits per heavy atom. The molecule has 6 nitrogen and oxygen atoms in total. The minimum atomic E-state index is 0.0335. The highest BCUT2D eigenvalue weighted by atomic mass is 16.5. The van der Waals surface area contributed by atoms with E-state index in [2.05, 4.69) is 45.0 Å². The van der Waals surface area contributed by atoms with Gasteiger partial charge in [-0.25, -0.2) is 9.97 Å². The molecule has 1 saturated heterocycles. The molecule has 6 heteroatoms. The van der Waals surface area contributed by atoms with Gasteiger partial charge in [0, 0.05) is 55.1 Å². The summed E-state index contributed by atoms with van der Waals surface area (Å²) in [6.45, 7) is 4.08. The number of nitrogens with zero attached hydrogens (tertiary/aromatic N) is 4. The van der Waals surface area contributed by atoms with Crippen LogP contribution in [0.2, 0.25) is 0 Å². The quantitative estimate of drug-likeness (QED) is 0.682. The first-order valence-electron chi connectivity index (χ1n) is 10.3. The first-order valence-corrected chi connectivity index (χ1v) is 10.3. The third-order valence-electron chi connectivity index (χ3n) is 5.65. The Morgan fingerprint density at radius 2 is 1.80 bits per heavy atom. The van der Waals surface area contributed by atoms with E-state index in [1.165, 1.54) is 0 Å². The highest BCUT2D eigenvalue weighted by Crippen LogP contribution is 2.29. The number of para-hydroxylation sites is 1. The van der Waals surface area contributed by atoms with Gasteiger partial charge in [-0.1, -0.05) is 24.3 Å². The molecule has 0 unspecified atom stereocenters. The van der Waals surface area contributed by atoms with Gasteiger partial charge in [0.25, 0.3) is 0 Å². The van der Waals surface area contributed by atoms with Crippen LogP contribution in [0.1, 0.15) is 16.8 Å². The summed E-state index contributed by atoms with van der Waals surface area (Å²) >= 11 is 0. The van der Waals surface area contributed by atoms with Crippen molar-refractivity contribution in [1.82, 2.24) is 14.9 Å². The van der Waals surface area contributed by atoms with Gasteiger partial charge in [-0.15, -0.1) is 0 Å². The van der Waals surface area contributed by atoms with Crippen LogP contribution in [0.15, 0.2) is 54.9 Å². The molecular weight excluding hydrogens is 376 g/mol. The van der Waals surface area contributed by atoms with Gasteiger partial charge in [-0.05, 0) is 36.9 Å². The number of anilines is 1. The third-order valence-corrected chi connectivity index (χ3v) is 5.65. The van der Waals surface area contributed by atoms with Gasteiger partial charge in [-0.3, -0.25) is 0 Å². The van der Waals surface area contributed by atoms with Crippen LogP contribution in [0.4, 0.5) is 5.69 Å². The summed E-state index contributed by atoms with van der Waals surface area (Å²) in [5.74, 6) is 0.793. The number of hydrogen-bond donors (Lipinski definition) is 1. The van der Waals surface area contributed by atoms with E-state index in [1.54, 1.807) is 13.4 Å². The number of hydrogen-bond acceptors (Lipinski definition) is 6. The van der Waals surface area contributed by atoms with E-state index >= 15 is 0 Å². The molecule has 0 spiro atoms. The Balaban J connectivity index is 1.56. The van der Waals surface area contributed by atoms with E-state index in [0.717, 1.165) is 65.7 Å². The zero-order valence-electron chi connectivity index (χ0n) is 17.6. The zero-order valence-corrected chi connectivity index (χ0v) is 17.6. The molecule has 2 aromatic carbocycles. The SMILES string of the molecule is COc1ccccc1-c1cc(Cc2ccc(N3CCN(C)CC3)c(CO)c2)ncn1. The number of likely N-dealkylation sites (N-methyl/N-ethyl adjacent to an activating group) is 1. The monoisotopic (exact) mass is 404 g/mol. The van der Waals surface area contributed by atoms with E-state index < -0.39 is 0 Å². The molecule has 0 bridgehead atoms. The van der Waals surface area contributed by atoms with Crippen molar-refractivity contribution in [1.29, 1.82) is 0 Å². The van der Waals surface area contributed by atoms with Crippen molar-refractivity contribution in [2.75, 3.05) is 45.2 Å². The van der Waals surface area contributed by atoms with Gasteiger partial charge in [0.05, 0.1) is 19.4 Å². The summed E-state index contributed by atoms with van der Waals surface area (Å²) in [5.41, 5.74) is 5.95. The maximum absolute atomic E-state index is 9.97. The van der Waals surface area contributed by atoms with Crippen molar-refractivity contribution < 1.29 is 9.84 Å². The molecule has 0 radical (unpaired) electrons. The number of aliphatic hydroxyl groups excluding tert-OH is 1. The highest BCUT2D eigenvalue weighted by Gasteiger charge is 2.17. The molecule has 1 aliphatic rings. The van der Waals surface area contributed by atoms with Gasteiger partial charge >= 0.3 is 0 Å². The highest BCUT2D eigenvalue weighted by molar-refractivity contribution is 5.67. The van der Waals surface area contributed by atoms with Crippen LogP contribution in [-0.4, -0.2) is 60.3 Å². The largest absolute Gasteiger partial charge is 0.496 e. The summed E-state index contributed by atoms with van der Waals surface area (Å²) in [6, 6.07) is 16.2. The Morgan fingerprint density at radius 3 is 2.57 bits per heavy atom. The second kappa shape index (κ2) is 9.24. The van der Waals surface area contributed by atoms with Crippen LogP contribution < -0.4 is 9.64 Å². The van der Waals surface area contributed by atoms with Crippen LogP contribution in [0.25, 0.3) is 11.3 Å². The molecule has 1 aliphatic heterocycles. The number of piperazine rings is 1. The van der Waals surface area contributed by atoms with Crippen molar-refractivity contribution in [3.8, 4) is 17.0 Å². The Bertz CT molecular complexity index is 1000. The second-order valence-corrected chi connectivity index (χ2v) is 7.68. The third kappa shape index (κ3) is 4.45. The lowest BCUT2D eigenvalue weighted by Gasteiger charge is -2.35. The van der Waals surface area contributed by atoms with Gasteiger partial charge in [-0.2, -0.15) is 0 Å². The molecule has 0 saturated carbocycles. The topological polar surface area (TPSA) is 61.7 Å². The lowest BCUT2D eigenvalue weighted by Crippen LogP contribution is -2.44. The van der Waals surface area contributed by atoms with Crippen LogP contribution >= 0.6 is 0 Å². The van der Waals surface area contributed by atoms with E-state index in [9.17, 15) is 5.11 Å². The smallest absolute Gasteiger partial charge is 0.128 e. The van der Waals surface area contributed by atoms with Crippen LogP contribution in [0.5, 0.6) is 5.75 Å². The number of rotatable bonds is 6. The summed E-state index contributed by atoms with van der Waals surface area (Å²) in [4.78, 5) is 13.6. The molecular formula is C24H28N4O2. The molecule has 1 aromatic heterocycles. The molecule has 1 N–H and O–H groups in total. The fraction of sp³-hybridized carbons (Fsp3) is 0.333. The van der Waals surface area contributed by atoms with Crippen molar-refractivity contribution in [3.05, 3.63) is 71.7 Å². The Kier molecular flexibility index (Phi) is 6.26. The van der Waals surface area contributed by atoms with Crippen LogP contribution in [-0.2, 0) is 13.0 Å². The minimum Gasteiger partial charge on any atom is -0.496 e. The predicted octanol–water partition coefficient (Wildman–Crippen LogP) is 2.99. The molecule has 30 heavy (non-hydrogen) atoms.